The molecule has 0 saturated carbocycles. The van der Waals surface area contributed by atoms with E-state index in [1.54, 1.807) is 11.3 Å². The lowest BCUT2D eigenvalue weighted by Crippen LogP contribution is -2.46. The fourth-order valence-corrected chi connectivity index (χ4v) is 5.14. The van der Waals surface area contributed by atoms with Gasteiger partial charge >= 0.3 is 0 Å². The van der Waals surface area contributed by atoms with Crippen molar-refractivity contribution in [2.75, 3.05) is 51.0 Å². The highest BCUT2D eigenvalue weighted by molar-refractivity contribution is 7.16. The third-order valence-electron chi connectivity index (χ3n) is 5.78. The van der Waals surface area contributed by atoms with Gasteiger partial charge in [0.05, 0.1) is 19.9 Å². The maximum Gasteiger partial charge on any atom is 0.260 e. The predicted molar refractivity (Wildman–Crippen MR) is 114 cm³/mol. The van der Waals surface area contributed by atoms with Crippen molar-refractivity contribution >= 4 is 22.2 Å². The summed E-state index contributed by atoms with van der Waals surface area (Å²) in [5, 5.41) is 1.13. The monoisotopic (exact) mass is 399 g/mol. The van der Waals surface area contributed by atoms with E-state index in [0.717, 1.165) is 62.9 Å². The van der Waals surface area contributed by atoms with Crippen LogP contribution in [0.1, 0.15) is 32.8 Å². The Balaban J connectivity index is 1.48. The van der Waals surface area contributed by atoms with Crippen LogP contribution in [0.3, 0.4) is 0 Å². The lowest BCUT2D eigenvalue weighted by atomic mass is 10.1. The Morgan fingerprint density at radius 2 is 1.79 bits per heavy atom. The van der Waals surface area contributed by atoms with Crippen molar-refractivity contribution in [3.63, 3.8) is 0 Å². The summed E-state index contributed by atoms with van der Waals surface area (Å²) in [5.41, 5.74) is 3.42. The number of hydrogen-bond acceptors (Lipinski definition) is 5. The molecule has 2 aromatic rings. The van der Waals surface area contributed by atoms with Crippen LogP contribution >= 0.6 is 11.3 Å². The van der Waals surface area contributed by atoms with Crippen LogP contribution in [0.5, 0.6) is 0 Å². The van der Waals surface area contributed by atoms with Crippen LogP contribution in [0.4, 0.5) is 5.00 Å². The highest BCUT2D eigenvalue weighted by Crippen LogP contribution is 2.39. The van der Waals surface area contributed by atoms with Gasteiger partial charge in [0.2, 0.25) is 0 Å². The second-order valence-corrected chi connectivity index (χ2v) is 8.87. The first kappa shape index (κ1) is 19.6. The summed E-state index contributed by atoms with van der Waals surface area (Å²) in [5.74, 6) is 0.0981. The molecular weight excluding hydrogens is 370 g/mol. The van der Waals surface area contributed by atoms with Crippen molar-refractivity contribution in [2.45, 2.75) is 26.8 Å². The standard InChI is InChI=1S/C22H29N3O2S/c1-17-18(2)28-22-20(17)15-24(10-6-9-23-11-13-27-14-12-23)16-25(22)21(26)19-7-4-3-5-8-19/h3-5,7-8H,6,9-16H2,1-2H3. The van der Waals surface area contributed by atoms with E-state index in [1.165, 1.54) is 16.0 Å². The number of rotatable bonds is 5. The number of carbonyl (C=O) groups is 1. The highest BCUT2D eigenvalue weighted by atomic mass is 32.1. The van der Waals surface area contributed by atoms with E-state index in [2.05, 4.69) is 23.6 Å². The molecule has 0 radical (unpaired) electrons. The fourth-order valence-electron chi connectivity index (χ4n) is 3.98. The first-order chi connectivity index (χ1) is 13.6. The zero-order valence-corrected chi connectivity index (χ0v) is 17.6. The average molecular weight is 400 g/mol. The van der Waals surface area contributed by atoms with Crippen molar-refractivity contribution in [1.29, 1.82) is 0 Å². The van der Waals surface area contributed by atoms with Crippen LogP contribution in [-0.2, 0) is 11.3 Å². The van der Waals surface area contributed by atoms with Crippen molar-refractivity contribution in [2.24, 2.45) is 0 Å². The number of morpholine rings is 1. The second kappa shape index (κ2) is 8.74. The minimum absolute atomic E-state index is 0.0981. The maximum absolute atomic E-state index is 13.2. The Bertz CT molecular complexity index is 815. The summed E-state index contributed by atoms with van der Waals surface area (Å²) < 4.78 is 5.44. The smallest absolute Gasteiger partial charge is 0.260 e. The molecule has 1 amide bonds. The minimum atomic E-state index is 0.0981. The van der Waals surface area contributed by atoms with Gasteiger partial charge in [-0.25, -0.2) is 0 Å². The molecule has 150 valence electrons. The highest BCUT2D eigenvalue weighted by Gasteiger charge is 2.31. The molecule has 4 rings (SSSR count). The molecular formula is C22H29N3O2S. The molecule has 1 aromatic carbocycles. The SMILES string of the molecule is Cc1sc2c(c1C)CN(CCCN1CCOCC1)CN2C(=O)c1ccccc1. The number of anilines is 1. The van der Waals surface area contributed by atoms with Crippen LogP contribution in [0.25, 0.3) is 0 Å². The van der Waals surface area contributed by atoms with Gasteiger partial charge in [-0.15, -0.1) is 11.3 Å². The molecule has 0 N–H and O–H groups in total. The molecule has 1 saturated heterocycles. The Morgan fingerprint density at radius 3 is 2.54 bits per heavy atom. The normalized spacial score (nSPS) is 18.3. The maximum atomic E-state index is 13.2. The Kier molecular flexibility index (Phi) is 6.11. The first-order valence-corrected chi connectivity index (χ1v) is 10.9. The number of hydrogen-bond donors (Lipinski definition) is 0. The first-order valence-electron chi connectivity index (χ1n) is 10.1. The molecule has 2 aliphatic rings. The molecule has 3 heterocycles. The van der Waals surface area contributed by atoms with Crippen molar-refractivity contribution in [3.05, 3.63) is 51.9 Å². The third-order valence-corrected chi connectivity index (χ3v) is 7.05. The van der Waals surface area contributed by atoms with E-state index < -0.39 is 0 Å². The molecule has 0 unspecified atom stereocenters. The molecule has 0 aliphatic carbocycles. The van der Waals surface area contributed by atoms with E-state index in [0.29, 0.717) is 6.67 Å². The van der Waals surface area contributed by atoms with E-state index in [-0.39, 0.29) is 5.91 Å². The van der Waals surface area contributed by atoms with E-state index >= 15 is 0 Å². The number of fused-ring (bicyclic) bond motifs is 1. The molecule has 28 heavy (non-hydrogen) atoms. The van der Waals surface area contributed by atoms with E-state index in [4.69, 9.17) is 4.74 Å². The van der Waals surface area contributed by atoms with Gasteiger partial charge < -0.3 is 4.74 Å². The molecule has 1 fully saturated rings. The van der Waals surface area contributed by atoms with Crippen molar-refractivity contribution in [3.8, 4) is 0 Å². The molecule has 0 bridgehead atoms. The molecule has 1 aromatic heterocycles. The van der Waals surface area contributed by atoms with Gasteiger partial charge in [0.1, 0.15) is 5.00 Å². The minimum Gasteiger partial charge on any atom is -0.379 e. The number of thiophene rings is 1. The Morgan fingerprint density at radius 1 is 1.07 bits per heavy atom. The van der Waals surface area contributed by atoms with Crippen LogP contribution in [0, 0.1) is 13.8 Å². The quantitative estimate of drug-likeness (QED) is 0.771. The Labute approximate surface area is 171 Å². The van der Waals surface area contributed by atoms with E-state index in [9.17, 15) is 4.79 Å². The topological polar surface area (TPSA) is 36.0 Å². The van der Waals surface area contributed by atoms with Crippen molar-refractivity contribution in [1.82, 2.24) is 9.80 Å². The lowest BCUT2D eigenvalue weighted by Gasteiger charge is -2.36. The van der Waals surface area contributed by atoms with Crippen molar-refractivity contribution < 1.29 is 9.53 Å². The zero-order valence-electron chi connectivity index (χ0n) is 16.8. The molecule has 0 atom stereocenters. The van der Waals surface area contributed by atoms with E-state index in [1.807, 2.05) is 35.2 Å². The third kappa shape index (κ3) is 4.15. The van der Waals surface area contributed by atoms with Gasteiger partial charge in [-0.3, -0.25) is 19.5 Å². The number of ether oxygens (including phenoxy) is 1. The fraction of sp³-hybridized carbons (Fsp3) is 0.500. The summed E-state index contributed by atoms with van der Waals surface area (Å²) >= 11 is 1.75. The largest absolute Gasteiger partial charge is 0.379 e. The lowest BCUT2D eigenvalue weighted by molar-refractivity contribution is 0.0359. The number of carbonyl (C=O) groups excluding carboxylic acids is 1. The summed E-state index contributed by atoms with van der Waals surface area (Å²) in [4.78, 5) is 21.4. The number of nitrogens with zero attached hydrogens (tertiary/aromatic N) is 3. The van der Waals surface area contributed by atoms with Gasteiger partial charge in [-0.2, -0.15) is 0 Å². The summed E-state index contributed by atoms with van der Waals surface area (Å²) in [6.07, 6.45) is 1.12. The second-order valence-electron chi connectivity index (χ2n) is 7.67. The number of aryl methyl sites for hydroxylation is 1. The molecule has 6 heteroatoms. The summed E-state index contributed by atoms with van der Waals surface area (Å²) in [6, 6.07) is 9.64. The summed E-state index contributed by atoms with van der Waals surface area (Å²) in [7, 11) is 0. The number of benzene rings is 1. The average Bonchev–Trinajstić information content (AvgIpc) is 3.02. The van der Waals surface area contributed by atoms with Crippen LogP contribution < -0.4 is 4.90 Å². The van der Waals surface area contributed by atoms with Crippen LogP contribution in [0.15, 0.2) is 30.3 Å². The predicted octanol–water partition coefficient (Wildman–Crippen LogP) is 3.51. The van der Waals surface area contributed by atoms with Gasteiger partial charge in [0.25, 0.3) is 5.91 Å². The van der Waals surface area contributed by atoms with Gasteiger partial charge in [-0.05, 0) is 44.5 Å². The van der Waals surface area contributed by atoms with Crippen LogP contribution in [0.2, 0.25) is 0 Å². The summed E-state index contributed by atoms with van der Waals surface area (Å²) in [6.45, 7) is 11.8. The number of amides is 1. The van der Waals surface area contributed by atoms with Crippen LogP contribution in [-0.4, -0.2) is 61.8 Å². The van der Waals surface area contributed by atoms with Gasteiger partial charge in [-0.1, -0.05) is 18.2 Å². The molecule has 5 nitrogen and oxygen atoms in total. The molecule has 2 aliphatic heterocycles. The van der Waals surface area contributed by atoms with Gasteiger partial charge in [0, 0.05) is 42.2 Å². The van der Waals surface area contributed by atoms with Gasteiger partial charge in [0.15, 0.2) is 0 Å². The molecule has 0 spiro atoms. The zero-order chi connectivity index (χ0) is 19.5. The Hall–Kier alpha value is -1.73.